The monoisotopic (exact) mass is 363 g/mol. The van der Waals surface area contributed by atoms with Gasteiger partial charge in [-0.05, 0) is 36.1 Å². The van der Waals surface area contributed by atoms with E-state index in [0.717, 1.165) is 46.6 Å². The van der Waals surface area contributed by atoms with Crippen LogP contribution in [0.4, 0.5) is 0 Å². The number of carbonyl (C=O) groups excluding carboxylic acids is 1. The van der Waals surface area contributed by atoms with Crippen molar-refractivity contribution in [1.29, 1.82) is 0 Å². The van der Waals surface area contributed by atoms with Gasteiger partial charge in [-0.25, -0.2) is 4.79 Å². The summed E-state index contributed by atoms with van der Waals surface area (Å²) in [5, 5.41) is 6.96. The first-order chi connectivity index (χ1) is 13.3. The molecule has 0 spiro atoms. The van der Waals surface area contributed by atoms with E-state index in [2.05, 4.69) is 27.5 Å². The minimum atomic E-state index is -0.409. The van der Waals surface area contributed by atoms with Gasteiger partial charge in [0.1, 0.15) is 5.52 Å². The van der Waals surface area contributed by atoms with E-state index in [0.29, 0.717) is 12.0 Å². The number of carbonyl (C=O) groups is 1. The molecule has 0 fully saturated rings. The summed E-state index contributed by atoms with van der Waals surface area (Å²) >= 11 is 0. The number of unbranched alkanes of at least 4 members (excludes halogenated alkanes) is 2. The highest BCUT2D eigenvalue weighted by Gasteiger charge is 2.12. The first kappa shape index (κ1) is 17.3. The van der Waals surface area contributed by atoms with E-state index >= 15 is 0 Å². The summed E-state index contributed by atoms with van der Waals surface area (Å²) in [4.78, 5) is 21.6. The molecular formula is C21H21N3O3. The third kappa shape index (κ3) is 3.30. The molecule has 0 saturated heterocycles. The van der Waals surface area contributed by atoms with Crippen LogP contribution in [0.3, 0.4) is 0 Å². The highest BCUT2D eigenvalue weighted by atomic mass is 16.6. The van der Waals surface area contributed by atoms with Crippen LogP contribution in [0, 0.1) is 0 Å². The molecular weight excluding hydrogens is 342 g/mol. The van der Waals surface area contributed by atoms with Crippen molar-refractivity contribution in [2.45, 2.75) is 26.2 Å². The Morgan fingerprint density at radius 1 is 1.15 bits per heavy atom. The van der Waals surface area contributed by atoms with Crippen LogP contribution in [0.15, 0.2) is 53.9 Å². The van der Waals surface area contributed by atoms with E-state index in [4.69, 9.17) is 9.57 Å². The predicted octanol–water partition coefficient (Wildman–Crippen LogP) is 3.64. The van der Waals surface area contributed by atoms with Gasteiger partial charge < -0.3 is 14.0 Å². The number of nitrogens with zero attached hydrogens (tertiary/aromatic N) is 3. The van der Waals surface area contributed by atoms with E-state index in [-0.39, 0.29) is 6.61 Å². The maximum atomic E-state index is 11.8. The summed E-state index contributed by atoms with van der Waals surface area (Å²) < 4.78 is 7.21. The van der Waals surface area contributed by atoms with Crippen molar-refractivity contribution in [3.05, 3.63) is 54.1 Å². The fourth-order valence-electron chi connectivity index (χ4n) is 3.32. The normalized spacial score (nSPS) is 12.3. The smallest absolute Gasteiger partial charge is 0.347 e. The predicted molar refractivity (Wildman–Crippen MR) is 103 cm³/mol. The number of fused-ring (bicyclic) bond motifs is 2. The number of ether oxygens (including phenoxy) is 1. The summed E-state index contributed by atoms with van der Waals surface area (Å²) in [5.41, 5.74) is 2.69. The zero-order valence-corrected chi connectivity index (χ0v) is 15.2. The second kappa shape index (κ2) is 7.61. The highest BCUT2D eigenvalue weighted by Crippen LogP contribution is 2.24. The van der Waals surface area contributed by atoms with Gasteiger partial charge in [-0.2, -0.15) is 0 Å². The lowest BCUT2D eigenvalue weighted by atomic mass is 10.1. The maximum Gasteiger partial charge on any atom is 0.347 e. The van der Waals surface area contributed by atoms with Crippen LogP contribution in [-0.2, 0) is 14.4 Å². The van der Waals surface area contributed by atoms with Crippen molar-refractivity contribution < 1.29 is 14.4 Å². The Morgan fingerprint density at radius 3 is 2.93 bits per heavy atom. The van der Waals surface area contributed by atoms with Crippen molar-refractivity contribution >= 4 is 33.3 Å². The summed E-state index contributed by atoms with van der Waals surface area (Å²) in [5.74, 6) is -0.409. The molecule has 6 nitrogen and oxygen atoms in total. The number of hydrogen-bond acceptors (Lipinski definition) is 5. The molecule has 4 aromatic rings. The van der Waals surface area contributed by atoms with E-state index in [1.165, 1.54) is 0 Å². The lowest BCUT2D eigenvalue weighted by Gasteiger charge is -2.09. The lowest BCUT2D eigenvalue weighted by Crippen LogP contribution is -2.15. The Morgan fingerprint density at radius 2 is 2.04 bits per heavy atom. The number of aromatic nitrogens is 2. The fraction of sp³-hybridized carbons (Fsp3) is 0.286. The van der Waals surface area contributed by atoms with E-state index < -0.39 is 5.97 Å². The summed E-state index contributed by atoms with van der Waals surface area (Å²) in [6, 6.07) is 12.0. The van der Waals surface area contributed by atoms with E-state index in [9.17, 15) is 4.79 Å². The van der Waals surface area contributed by atoms with Gasteiger partial charge in [0.15, 0.2) is 5.36 Å². The quantitative estimate of drug-likeness (QED) is 0.286. The second-order valence-electron chi connectivity index (χ2n) is 6.44. The molecule has 0 atom stereocenters. The number of rotatable bonds is 7. The number of hydrogen-bond donors (Lipinski definition) is 0. The molecule has 0 aliphatic carbocycles. The van der Waals surface area contributed by atoms with Crippen LogP contribution in [0.5, 0.6) is 0 Å². The van der Waals surface area contributed by atoms with Crippen LogP contribution in [-0.4, -0.2) is 28.6 Å². The third-order valence-corrected chi connectivity index (χ3v) is 4.59. The molecule has 0 saturated carbocycles. The van der Waals surface area contributed by atoms with Crippen LogP contribution < -0.4 is 5.36 Å². The molecule has 4 rings (SSSR count). The molecule has 0 bridgehead atoms. The van der Waals surface area contributed by atoms with Crippen molar-refractivity contribution in [1.82, 2.24) is 9.38 Å². The Hall–Kier alpha value is -3.15. The van der Waals surface area contributed by atoms with Crippen molar-refractivity contribution in [2.24, 2.45) is 5.16 Å². The topological polar surface area (TPSA) is 65.2 Å². The van der Waals surface area contributed by atoms with Gasteiger partial charge in [0.05, 0.1) is 17.6 Å². The van der Waals surface area contributed by atoms with Gasteiger partial charge in [0.25, 0.3) is 0 Å². The fourth-order valence-corrected chi connectivity index (χ4v) is 3.32. The molecule has 0 radical (unpaired) electrons. The Balaban J connectivity index is 1.67. The average Bonchev–Trinajstić information content (AvgIpc) is 3.18. The SMILES string of the molecule is CCCCCOC(=O)CO/N=c1/c2nccc3cccc(c32)n2cccc12. The van der Waals surface area contributed by atoms with Gasteiger partial charge >= 0.3 is 5.97 Å². The van der Waals surface area contributed by atoms with Gasteiger partial charge in [-0.1, -0.05) is 37.1 Å². The zero-order chi connectivity index (χ0) is 18.6. The number of pyridine rings is 2. The average molecular weight is 363 g/mol. The van der Waals surface area contributed by atoms with Crippen LogP contribution in [0.2, 0.25) is 0 Å². The Kier molecular flexibility index (Phi) is 4.87. The highest BCUT2D eigenvalue weighted by molar-refractivity contribution is 6.08. The third-order valence-electron chi connectivity index (χ3n) is 4.59. The first-order valence-corrected chi connectivity index (χ1v) is 9.21. The number of benzene rings is 1. The van der Waals surface area contributed by atoms with Crippen molar-refractivity contribution in [2.75, 3.05) is 13.2 Å². The molecule has 0 unspecified atom stereocenters. The molecule has 0 amide bonds. The molecule has 1 aromatic carbocycles. The summed E-state index contributed by atoms with van der Waals surface area (Å²) in [6.45, 7) is 2.31. The Bertz CT molecular complexity index is 1140. The molecule has 6 heteroatoms. The molecule has 0 aliphatic heterocycles. The molecule has 3 heterocycles. The number of esters is 1. The minimum absolute atomic E-state index is 0.214. The van der Waals surface area contributed by atoms with Gasteiger partial charge in [-0.3, -0.25) is 4.98 Å². The minimum Gasteiger partial charge on any atom is -0.463 e. The molecule has 138 valence electrons. The van der Waals surface area contributed by atoms with Crippen molar-refractivity contribution in [3.8, 4) is 0 Å². The molecule has 27 heavy (non-hydrogen) atoms. The summed E-state index contributed by atoms with van der Waals surface area (Å²) in [7, 11) is 0. The molecule has 0 aliphatic rings. The van der Waals surface area contributed by atoms with Crippen LogP contribution in [0.1, 0.15) is 26.2 Å². The van der Waals surface area contributed by atoms with Crippen LogP contribution in [0.25, 0.3) is 27.3 Å². The van der Waals surface area contributed by atoms with Gasteiger partial charge in [-0.15, -0.1) is 0 Å². The lowest BCUT2D eigenvalue weighted by molar-refractivity contribution is -0.149. The van der Waals surface area contributed by atoms with E-state index in [1.807, 2.05) is 36.5 Å². The zero-order valence-electron chi connectivity index (χ0n) is 15.2. The summed E-state index contributed by atoms with van der Waals surface area (Å²) in [6.07, 6.45) is 6.74. The standard InChI is InChI=1S/C21H21N3O3/c1-2-3-4-13-26-18(25)14-27-23-20-17-9-6-12-24(17)16-8-5-7-15-10-11-22-21(20)19(15)16/h5-12H,2-4,13-14H2,1H3/b23-20+. The van der Waals surface area contributed by atoms with Crippen molar-refractivity contribution in [3.63, 3.8) is 0 Å². The van der Waals surface area contributed by atoms with Gasteiger partial charge in [0.2, 0.25) is 6.61 Å². The maximum absolute atomic E-state index is 11.8. The first-order valence-electron chi connectivity index (χ1n) is 9.21. The molecule has 0 N–H and O–H groups in total. The van der Waals surface area contributed by atoms with Crippen LogP contribution >= 0.6 is 0 Å². The Labute approximate surface area is 156 Å². The van der Waals surface area contributed by atoms with E-state index in [1.54, 1.807) is 6.20 Å². The largest absolute Gasteiger partial charge is 0.463 e. The molecule has 3 aromatic heterocycles. The van der Waals surface area contributed by atoms with Gasteiger partial charge in [0, 0.05) is 17.8 Å². The second-order valence-corrected chi connectivity index (χ2v) is 6.44.